The number of hydrogen-bond donors (Lipinski definition) is 3. The van der Waals surface area contributed by atoms with Gasteiger partial charge in [-0.2, -0.15) is 0 Å². The molecule has 2 aromatic carbocycles. The van der Waals surface area contributed by atoms with Crippen LogP contribution in [0.15, 0.2) is 71.9 Å². The van der Waals surface area contributed by atoms with Crippen molar-refractivity contribution in [2.24, 2.45) is 5.92 Å². The summed E-state index contributed by atoms with van der Waals surface area (Å²) in [6, 6.07) is 16.1. The van der Waals surface area contributed by atoms with E-state index in [9.17, 15) is 22.8 Å². The lowest BCUT2D eigenvalue weighted by molar-refractivity contribution is -0.137. The molecule has 0 spiro atoms. The van der Waals surface area contributed by atoms with Crippen LogP contribution in [-0.4, -0.2) is 81.3 Å². The number of nitrogens with one attached hydrogen (secondary N) is 3. The number of rotatable bonds is 11. The highest BCUT2D eigenvalue weighted by Gasteiger charge is 2.41. The molecule has 12 heteroatoms. The molecule has 5 rings (SSSR count). The van der Waals surface area contributed by atoms with Crippen molar-refractivity contribution >= 4 is 44.6 Å². The molecular weight excluding hydrogens is 568 g/mol. The van der Waals surface area contributed by atoms with Crippen molar-refractivity contribution in [1.29, 1.82) is 0 Å². The molecule has 3 heterocycles. The summed E-state index contributed by atoms with van der Waals surface area (Å²) >= 11 is 0. The molecule has 1 aromatic heterocycles. The van der Waals surface area contributed by atoms with Crippen molar-refractivity contribution in [1.82, 2.24) is 25.2 Å². The highest BCUT2D eigenvalue weighted by molar-refractivity contribution is 7.89. The second kappa shape index (κ2) is 13.6. The van der Waals surface area contributed by atoms with Crippen LogP contribution in [0.4, 0.5) is 5.69 Å². The van der Waals surface area contributed by atoms with E-state index in [1.54, 1.807) is 24.5 Å². The Morgan fingerprint density at radius 3 is 2.33 bits per heavy atom. The van der Waals surface area contributed by atoms with Gasteiger partial charge in [-0.1, -0.05) is 36.8 Å². The van der Waals surface area contributed by atoms with Gasteiger partial charge in [0, 0.05) is 50.2 Å². The third-order valence-corrected chi connectivity index (χ3v) is 9.76. The van der Waals surface area contributed by atoms with Crippen LogP contribution in [0.5, 0.6) is 0 Å². The standard InChI is InChI=1S/C31H38N6O5S/c38-23-31(37-16-4-1-5-17-37,35-30(40)25-12-18-36(19-13-25)27-10-14-32-15-11-27)22-33-29(39)21-34-43(41,42)28-9-8-24-6-2-3-7-26(24)20-28/h2-3,6-11,14-15,20,23,25,34H,1,4-5,12-13,16-19,21-22H2,(H,33,39)(H,35,40). The van der Waals surface area contributed by atoms with Gasteiger partial charge in [0.15, 0.2) is 11.9 Å². The van der Waals surface area contributed by atoms with Gasteiger partial charge in [-0.25, -0.2) is 13.1 Å². The van der Waals surface area contributed by atoms with Gasteiger partial charge in [0.25, 0.3) is 0 Å². The summed E-state index contributed by atoms with van der Waals surface area (Å²) in [6.07, 6.45) is 8.21. The molecule has 0 radical (unpaired) electrons. The summed E-state index contributed by atoms with van der Waals surface area (Å²) in [7, 11) is -3.95. The Morgan fingerprint density at radius 1 is 0.930 bits per heavy atom. The molecule has 2 aliphatic rings. The lowest BCUT2D eigenvalue weighted by Gasteiger charge is -2.43. The molecule has 0 bridgehead atoms. The number of hydrogen-bond acceptors (Lipinski definition) is 8. The molecule has 11 nitrogen and oxygen atoms in total. The number of aldehydes is 1. The molecule has 2 saturated heterocycles. The van der Waals surface area contributed by atoms with E-state index in [-0.39, 0.29) is 23.3 Å². The molecule has 228 valence electrons. The highest BCUT2D eigenvalue weighted by atomic mass is 32.2. The van der Waals surface area contributed by atoms with Gasteiger partial charge in [0.2, 0.25) is 21.8 Å². The third kappa shape index (κ3) is 7.38. The molecule has 0 aliphatic carbocycles. The minimum Gasteiger partial charge on any atom is -0.371 e. The summed E-state index contributed by atoms with van der Waals surface area (Å²) in [5.74, 6) is -1.10. The maximum absolute atomic E-state index is 13.5. The summed E-state index contributed by atoms with van der Waals surface area (Å²) in [6.45, 7) is 1.93. The molecule has 3 N–H and O–H groups in total. The minimum absolute atomic E-state index is 0.0526. The molecule has 2 amide bonds. The Hall–Kier alpha value is -3.87. The Kier molecular flexibility index (Phi) is 9.69. The van der Waals surface area contributed by atoms with Crippen LogP contribution in [0.3, 0.4) is 0 Å². The highest BCUT2D eigenvalue weighted by Crippen LogP contribution is 2.25. The Morgan fingerprint density at radius 2 is 1.63 bits per heavy atom. The lowest BCUT2D eigenvalue weighted by Crippen LogP contribution is -2.69. The van der Waals surface area contributed by atoms with Gasteiger partial charge in [0.05, 0.1) is 18.0 Å². The SMILES string of the molecule is O=CC(CNC(=O)CNS(=O)(=O)c1ccc2ccccc2c1)(NC(=O)C1CCN(c2ccncc2)CC1)N1CCCCC1. The van der Waals surface area contributed by atoms with Gasteiger partial charge in [0.1, 0.15) is 0 Å². The quantitative estimate of drug-likeness (QED) is 0.282. The van der Waals surface area contributed by atoms with E-state index >= 15 is 0 Å². The second-order valence-electron chi connectivity index (χ2n) is 11.2. The van der Waals surface area contributed by atoms with Crippen LogP contribution >= 0.6 is 0 Å². The molecule has 2 fully saturated rings. The summed E-state index contributed by atoms with van der Waals surface area (Å²) in [5.41, 5.74) is -0.365. The van der Waals surface area contributed by atoms with Crippen LogP contribution < -0.4 is 20.3 Å². The maximum Gasteiger partial charge on any atom is 0.241 e. The summed E-state index contributed by atoms with van der Waals surface area (Å²) in [5, 5.41) is 7.35. The Labute approximate surface area is 252 Å². The van der Waals surface area contributed by atoms with E-state index in [2.05, 4.69) is 25.2 Å². The van der Waals surface area contributed by atoms with Crippen molar-refractivity contribution in [2.75, 3.05) is 44.2 Å². The van der Waals surface area contributed by atoms with E-state index in [1.165, 1.54) is 6.07 Å². The number of anilines is 1. The van der Waals surface area contributed by atoms with Gasteiger partial charge in [-0.15, -0.1) is 0 Å². The van der Waals surface area contributed by atoms with Crippen molar-refractivity contribution in [2.45, 2.75) is 42.7 Å². The first-order chi connectivity index (χ1) is 20.8. The number of likely N-dealkylation sites (tertiary alicyclic amines) is 1. The van der Waals surface area contributed by atoms with E-state index in [0.717, 1.165) is 35.7 Å². The van der Waals surface area contributed by atoms with E-state index < -0.39 is 28.1 Å². The molecular formula is C31H38N6O5S. The van der Waals surface area contributed by atoms with Gasteiger partial charge >= 0.3 is 0 Å². The Balaban J connectivity index is 1.20. The normalized spacial score (nSPS) is 18.1. The summed E-state index contributed by atoms with van der Waals surface area (Å²) in [4.78, 5) is 47.2. The monoisotopic (exact) mass is 606 g/mol. The zero-order valence-electron chi connectivity index (χ0n) is 24.1. The zero-order valence-corrected chi connectivity index (χ0v) is 24.9. The predicted octanol–water partition coefficient (Wildman–Crippen LogP) is 2.04. The van der Waals surface area contributed by atoms with Gasteiger partial charge < -0.3 is 15.5 Å². The number of carbonyl (C=O) groups excluding carboxylic acids is 3. The van der Waals surface area contributed by atoms with Crippen molar-refractivity contribution < 1.29 is 22.8 Å². The number of benzene rings is 2. The van der Waals surface area contributed by atoms with Crippen molar-refractivity contribution in [3.05, 3.63) is 67.0 Å². The fourth-order valence-electron chi connectivity index (χ4n) is 5.82. The average Bonchev–Trinajstić information content (AvgIpc) is 3.06. The van der Waals surface area contributed by atoms with Crippen LogP contribution in [0.1, 0.15) is 32.1 Å². The number of piperidine rings is 2. The molecule has 1 atom stereocenters. The number of nitrogens with zero attached hydrogens (tertiary/aromatic N) is 3. The second-order valence-corrected chi connectivity index (χ2v) is 12.9. The van der Waals surface area contributed by atoms with E-state index in [0.29, 0.717) is 45.3 Å². The zero-order chi connectivity index (χ0) is 30.3. The first kappa shape index (κ1) is 30.6. The number of pyridine rings is 1. The largest absolute Gasteiger partial charge is 0.371 e. The fraction of sp³-hybridized carbons (Fsp3) is 0.419. The van der Waals surface area contributed by atoms with Crippen LogP contribution in [0.2, 0.25) is 0 Å². The summed E-state index contributed by atoms with van der Waals surface area (Å²) < 4.78 is 28.1. The van der Waals surface area contributed by atoms with E-state index in [4.69, 9.17) is 0 Å². The van der Waals surface area contributed by atoms with Crippen molar-refractivity contribution in [3.8, 4) is 0 Å². The lowest BCUT2D eigenvalue weighted by atomic mass is 9.94. The van der Waals surface area contributed by atoms with Crippen LogP contribution in [0, 0.1) is 5.92 Å². The molecule has 1 unspecified atom stereocenters. The van der Waals surface area contributed by atoms with Gasteiger partial charge in [-0.3, -0.25) is 24.3 Å². The molecule has 3 aromatic rings. The van der Waals surface area contributed by atoms with Crippen LogP contribution in [-0.2, 0) is 24.4 Å². The third-order valence-electron chi connectivity index (χ3n) is 8.36. The fourth-order valence-corrected chi connectivity index (χ4v) is 6.84. The number of aromatic nitrogens is 1. The average molecular weight is 607 g/mol. The molecule has 2 aliphatic heterocycles. The van der Waals surface area contributed by atoms with Crippen LogP contribution in [0.25, 0.3) is 10.8 Å². The molecule has 0 saturated carbocycles. The number of carbonyl (C=O) groups is 3. The number of fused-ring (bicyclic) bond motifs is 1. The van der Waals surface area contributed by atoms with Crippen molar-refractivity contribution in [3.63, 3.8) is 0 Å². The van der Waals surface area contributed by atoms with Gasteiger partial charge in [-0.05, 0) is 60.7 Å². The topological polar surface area (TPSA) is 141 Å². The maximum atomic E-state index is 13.5. The Bertz CT molecular complexity index is 1540. The molecule has 43 heavy (non-hydrogen) atoms. The van der Waals surface area contributed by atoms with E-state index in [1.807, 2.05) is 41.3 Å². The smallest absolute Gasteiger partial charge is 0.241 e. The number of sulfonamides is 1. The predicted molar refractivity (Wildman–Crippen MR) is 164 cm³/mol. The number of amides is 2. The first-order valence-electron chi connectivity index (χ1n) is 14.7. The minimum atomic E-state index is -3.95. The first-order valence-corrected chi connectivity index (χ1v) is 16.2.